The van der Waals surface area contributed by atoms with Crippen molar-refractivity contribution in [2.45, 2.75) is 50.0 Å². The number of aryl methyl sites for hydroxylation is 1. The van der Waals surface area contributed by atoms with Gasteiger partial charge in [0.25, 0.3) is 0 Å². The molecule has 2 aromatic carbocycles. The lowest BCUT2D eigenvalue weighted by Crippen LogP contribution is -2.46. The van der Waals surface area contributed by atoms with E-state index in [0.717, 1.165) is 41.1 Å². The predicted molar refractivity (Wildman–Crippen MR) is 138 cm³/mol. The van der Waals surface area contributed by atoms with Gasteiger partial charge in [-0.2, -0.15) is 4.31 Å². The Hall–Kier alpha value is -2.40. The number of aromatic nitrogens is 1. The van der Waals surface area contributed by atoms with Crippen LogP contribution < -0.4 is 4.90 Å². The fourth-order valence-electron chi connectivity index (χ4n) is 5.01. The normalized spacial score (nSPS) is 19.7. The summed E-state index contributed by atoms with van der Waals surface area (Å²) in [6, 6.07) is 11.5. The number of fused-ring (bicyclic) bond motifs is 1. The number of ether oxygens (including phenoxy) is 1. The molecule has 3 heterocycles. The molecule has 7 nitrogen and oxygen atoms in total. The Morgan fingerprint density at radius 2 is 1.94 bits per heavy atom. The lowest BCUT2D eigenvalue weighted by atomic mass is 9.96. The molecule has 0 N–H and O–H groups in total. The van der Waals surface area contributed by atoms with Crippen LogP contribution in [0.3, 0.4) is 0 Å². The predicted octanol–water partition coefficient (Wildman–Crippen LogP) is 4.61. The number of carbonyl (C=O) groups is 1. The summed E-state index contributed by atoms with van der Waals surface area (Å²) in [5.41, 5.74) is 2.07. The quantitative estimate of drug-likeness (QED) is 0.445. The molecule has 0 radical (unpaired) electrons. The highest BCUT2D eigenvalue weighted by Crippen LogP contribution is 2.34. The maximum Gasteiger partial charge on any atom is 0.245 e. The molecule has 5 rings (SSSR count). The molecule has 0 aliphatic carbocycles. The molecule has 1 unspecified atom stereocenters. The number of amides is 1. The largest absolute Gasteiger partial charge is 0.376 e. The van der Waals surface area contributed by atoms with Crippen LogP contribution in [0, 0.1) is 11.7 Å². The van der Waals surface area contributed by atoms with Gasteiger partial charge < -0.3 is 4.74 Å². The summed E-state index contributed by atoms with van der Waals surface area (Å²) in [6.07, 6.45) is 3.44. The highest BCUT2D eigenvalue weighted by Gasteiger charge is 2.37. The lowest BCUT2D eigenvalue weighted by Gasteiger charge is -2.33. The van der Waals surface area contributed by atoms with Crippen LogP contribution in [0.4, 0.5) is 9.52 Å². The van der Waals surface area contributed by atoms with Crippen LogP contribution in [-0.2, 0) is 26.0 Å². The summed E-state index contributed by atoms with van der Waals surface area (Å²) in [7, 11) is -3.95. The summed E-state index contributed by atoms with van der Waals surface area (Å²) >= 11 is 1.50. The number of carbonyl (C=O) groups excluding carboxylic acids is 1. The van der Waals surface area contributed by atoms with E-state index in [1.165, 1.54) is 33.8 Å². The molecule has 2 aliphatic rings. The van der Waals surface area contributed by atoms with Gasteiger partial charge in [0.15, 0.2) is 5.13 Å². The highest BCUT2D eigenvalue weighted by molar-refractivity contribution is 7.89. The fraction of sp³-hybridized carbons (Fsp3) is 0.462. The van der Waals surface area contributed by atoms with Crippen LogP contribution in [0.15, 0.2) is 47.4 Å². The number of piperidine rings is 1. The zero-order valence-corrected chi connectivity index (χ0v) is 21.9. The van der Waals surface area contributed by atoms with Crippen LogP contribution in [0.25, 0.3) is 10.2 Å². The highest BCUT2D eigenvalue weighted by atomic mass is 32.2. The molecule has 3 aromatic rings. The van der Waals surface area contributed by atoms with Gasteiger partial charge >= 0.3 is 0 Å². The summed E-state index contributed by atoms with van der Waals surface area (Å²) < 4.78 is 48.3. The molecule has 2 saturated heterocycles. The van der Waals surface area contributed by atoms with E-state index in [-0.39, 0.29) is 35.9 Å². The summed E-state index contributed by atoms with van der Waals surface area (Å²) in [5, 5.41) is 0.660. The molecular weight excluding hydrogens is 501 g/mol. The van der Waals surface area contributed by atoms with Gasteiger partial charge in [-0.05, 0) is 55.9 Å². The number of sulfonamides is 1. The van der Waals surface area contributed by atoms with Crippen molar-refractivity contribution in [1.29, 1.82) is 0 Å². The number of halogens is 1. The zero-order valence-electron chi connectivity index (χ0n) is 20.2. The fourth-order valence-corrected chi connectivity index (χ4v) is 7.57. The van der Waals surface area contributed by atoms with Crippen LogP contribution in [0.2, 0.25) is 0 Å². The number of thiazole rings is 1. The first-order valence-corrected chi connectivity index (χ1v) is 14.7. The van der Waals surface area contributed by atoms with E-state index in [1.54, 1.807) is 4.90 Å². The van der Waals surface area contributed by atoms with Crippen molar-refractivity contribution >= 4 is 42.6 Å². The van der Waals surface area contributed by atoms with Gasteiger partial charge in [0.1, 0.15) is 10.7 Å². The minimum Gasteiger partial charge on any atom is -0.376 e. The number of hydrogen-bond donors (Lipinski definition) is 0. The Labute approximate surface area is 214 Å². The van der Waals surface area contributed by atoms with Crippen molar-refractivity contribution in [2.24, 2.45) is 5.92 Å². The monoisotopic (exact) mass is 531 g/mol. The Kier molecular flexibility index (Phi) is 7.39. The average molecular weight is 532 g/mol. The van der Waals surface area contributed by atoms with E-state index < -0.39 is 15.8 Å². The minimum atomic E-state index is -3.95. The third-order valence-corrected chi connectivity index (χ3v) is 10.0. The molecule has 10 heteroatoms. The van der Waals surface area contributed by atoms with Crippen LogP contribution in [-0.4, -0.2) is 56.0 Å². The number of para-hydroxylation sites is 1. The number of benzene rings is 2. The second-order valence-corrected chi connectivity index (χ2v) is 12.2. The third kappa shape index (κ3) is 4.91. The van der Waals surface area contributed by atoms with Crippen molar-refractivity contribution in [3.63, 3.8) is 0 Å². The van der Waals surface area contributed by atoms with Gasteiger partial charge in [-0.3, -0.25) is 9.69 Å². The first-order chi connectivity index (χ1) is 17.4. The lowest BCUT2D eigenvalue weighted by molar-refractivity contribution is -0.123. The average Bonchev–Trinajstić information content (AvgIpc) is 3.57. The Morgan fingerprint density at radius 1 is 1.17 bits per heavy atom. The van der Waals surface area contributed by atoms with Crippen molar-refractivity contribution < 1.29 is 22.3 Å². The Bertz CT molecular complexity index is 1350. The van der Waals surface area contributed by atoms with Crippen LogP contribution in [0.1, 0.15) is 38.2 Å². The molecule has 2 fully saturated rings. The number of anilines is 1. The number of rotatable bonds is 7. The smallest absolute Gasteiger partial charge is 0.245 e. The Balaban J connectivity index is 1.36. The molecule has 0 spiro atoms. The Morgan fingerprint density at radius 3 is 2.64 bits per heavy atom. The van der Waals surface area contributed by atoms with Crippen molar-refractivity contribution in [2.75, 3.05) is 31.1 Å². The standard InChI is InChI=1S/C26H30FN3O4S2/c1-2-18-7-5-10-22-24(18)28-26(35-22)30(17-20-8-6-16-34-20)25(31)19-12-14-29(15-13-19)36(32,33)23-11-4-3-9-21(23)27/h3-5,7,9-11,19-20H,2,6,8,12-17H2,1H3. The third-order valence-electron chi connectivity index (χ3n) is 7.04. The second-order valence-electron chi connectivity index (χ2n) is 9.31. The van der Waals surface area contributed by atoms with Crippen molar-refractivity contribution in [3.05, 3.63) is 53.8 Å². The topological polar surface area (TPSA) is 79.8 Å². The van der Waals surface area contributed by atoms with E-state index in [9.17, 15) is 17.6 Å². The van der Waals surface area contributed by atoms with E-state index in [0.29, 0.717) is 31.1 Å². The molecule has 1 atom stereocenters. The molecular formula is C26H30FN3O4S2. The summed E-state index contributed by atoms with van der Waals surface area (Å²) in [6.45, 7) is 3.56. The SMILES string of the molecule is CCc1cccc2sc(N(CC3CCCO3)C(=O)C3CCN(S(=O)(=O)c4ccccc4F)CC3)nc12. The molecule has 1 amide bonds. The number of nitrogens with zero attached hydrogens (tertiary/aromatic N) is 3. The van der Waals surface area contributed by atoms with Crippen LogP contribution in [0.5, 0.6) is 0 Å². The van der Waals surface area contributed by atoms with E-state index >= 15 is 0 Å². The second kappa shape index (κ2) is 10.5. The molecule has 36 heavy (non-hydrogen) atoms. The van der Waals surface area contributed by atoms with Gasteiger partial charge in [0.05, 0.1) is 22.9 Å². The maximum absolute atomic E-state index is 14.2. The first kappa shape index (κ1) is 25.3. The van der Waals surface area contributed by atoms with Crippen LogP contribution >= 0.6 is 11.3 Å². The van der Waals surface area contributed by atoms with Crippen molar-refractivity contribution in [3.8, 4) is 0 Å². The maximum atomic E-state index is 14.2. The van der Waals surface area contributed by atoms with Gasteiger partial charge in [-0.25, -0.2) is 17.8 Å². The van der Waals surface area contributed by atoms with Gasteiger partial charge in [0, 0.05) is 25.6 Å². The van der Waals surface area contributed by atoms with Crippen molar-refractivity contribution in [1.82, 2.24) is 9.29 Å². The van der Waals surface area contributed by atoms with E-state index in [1.807, 2.05) is 12.1 Å². The summed E-state index contributed by atoms with van der Waals surface area (Å²) in [5.74, 6) is -1.15. The summed E-state index contributed by atoms with van der Waals surface area (Å²) in [4.78, 5) is 20.1. The zero-order chi connectivity index (χ0) is 25.3. The molecule has 2 aliphatic heterocycles. The minimum absolute atomic E-state index is 0.0341. The van der Waals surface area contributed by atoms with E-state index in [2.05, 4.69) is 13.0 Å². The van der Waals surface area contributed by atoms with E-state index in [4.69, 9.17) is 9.72 Å². The molecule has 0 bridgehead atoms. The van der Waals surface area contributed by atoms with Gasteiger partial charge in [-0.1, -0.05) is 42.5 Å². The van der Waals surface area contributed by atoms with Gasteiger partial charge in [0.2, 0.25) is 15.9 Å². The van der Waals surface area contributed by atoms with Gasteiger partial charge in [-0.15, -0.1) is 0 Å². The first-order valence-electron chi connectivity index (χ1n) is 12.4. The molecule has 192 valence electrons. The number of hydrogen-bond acceptors (Lipinski definition) is 6. The molecule has 1 aromatic heterocycles. The molecule has 0 saturated carbocycles.